The summed E-state index contributed by atoms with van der Waals surface area (Å²) in [6, 6.07) is 0. The van der Waals surface area contributed by atoms with E-state index in [4.69, 9.17) is 0 Å². The van der Waals surface area contributed by atoms with Gasteiger partial charge in [-0.1, -0.05) is 59.3 Å². The zero-order chi connectivity index (χ0) is 12.3. The van der Waals surface area contributed by atoms with Crippen LogP contribution >= 0.6 is 24.4 Å². The Hall–Kier alpha value is 0.700. The molecule has 0 nitrogen and oxygen atoms in total. The number of thiol groups is 1. The van der Waals surface area contributed by atoms with Crippen LogP contribution in [0.1, 0.15) is 72.1 Å². The van der Waals surface area contributed by atoms with Crippen molar-refractivity contribution in [1.29, 1.82) is 0 Å². The number of thioether (sulfide) groups is 1. The van der Waals surface area contributed by atoms with Crippen molar-refractivity contribution in [3.63, 3.8) is 0 Å². The second-order valence-corrected chi connectivity index (χ2v) is 7.88. The lowest BCUT2D eigenvalue weighted by molar-refractivity contribution is 0.587. The van der Waals surface area contributed by atoms with Crippen molar-refractivity contribution < 1.29 is 0 Å². The van der Waals surface area contributed by atoms with E-state index in [1.54, 1.807) is 0 Å². The minimum atomic E-state index is 0.451. The maximum Gasteiger partial charge on any atom is 0.00750 e. The van der Waals surface area contributed by atoms with Crippen molar-refractivity contribution in [2.75, 3.05) is 11.5 Å². The average molecular weight is 263 g/mol. The molecule has 0 aliphatic carbocycles. The molecule has 0 aromatic rings. The van der Waals surface area contributed by atoms with E-state index < -0.39 is 0 Å². The fourth-order valence-electron chi connectivity index (χ4n) is 1.65. The molecule has 98 valence electrons. The minimum Gasteiger partial charge on any atom is -0.179 e. The Bertz CT molecular complexity index is 138. The van der Waals surface area contributed by atoms with Crippen LogP contribution in [0.25, 0.3) is 0 Å². The molecule has 0 aliphatic rings. The topological polar surface area (TPSA) is 0 Å². The molecule has 0 fully saturated rings. The maximum atomic E-state index is 4.22. The molecule has 0 N–H and O–H groups in total. The first kappa shape index (κ1) is 16.7. The van der Waals surface area contributed by atoms with Crippen molar-refractivity contribution in [1.82, 2.24) is 0 Å². The SMILES string of the molecule is CC(C)(C)SCCCCCCCCCCS. The lowest BCUT2D eigenvalue weighted by atomic mass is 10.1. The van der Waals surface area contributed by atoms with Crippen molar-refractivity contribution in [2.24, 2.45) is 0 Å². The highest BCUT2D eigenvalue weighted by molar-refractivity contribution is 8.00. The molecule has 0 aromatic heterocycles. The molecule has 0 bridgehead atoms. The van der Waals surface area contributed by atoms with Crippen LogP contribution in [0, 0.1) is 0 Å². The van der Waals surface area contributed by atoms with E-state index in [2.05, 4.69) is 45.2 Å². The summed E-state index contributed by atoms with van der Waals surface area (Å²) in [5, 5.41) is 0. The first-order chi connectivity index (χ1) is 7.56. The van der Waals surface area contributed by atoms with Gasteiger partial charge in [-0.2, -0.15) is 24.4 Å². The van der Waals surface area contributed by atoms with Crippen LogP contribution in [-0.4, -0.2) is 16.3 Å². The van der Waals surface area contributed by atoms with Gasteiger partial charge >= 0.3 is 0 Å². The maximum absolute atomic E-state index is 4.22. The molecule has 0 rings (SSSR count). The monoisotopic (exact) mass is 262 g/mol. The molecule has 2 heteroatoms. The lowest BCUT2D eigenvalue weighted by Crippen LogP contribution is -2.08. The Morgan fingerprint density at radius 3 is 1.62 bits per heavy atom. The van der Waals surface area contributed by atoms with Gasteiger partial charge in [0.05, 0.1) is 0 Å². The molecule has 0 amide bonds. The highest BCUT2D eigenvalue weighted by Gasteiger charge is 2.08. The predicted molar refractivity (Wildman–Crippen MR) is 83.0 cm³/mol. The average Bonchev–Trinajstić information content (AvgIpc) is 2.19. The summed E-state index contributed by atoms with van der Waals surface area (Å²) in [5.74, 6) is 2.40. The number of hydrogen-bond acceptors (Lipinski definition) is 2. The van der Waals surface area contributed by atoms with E-state index in [0.717, 1.165) is 5.75 Å². The van der Waals surface area contributed by atoms with Crippen molar-refractivity contribution in [3.05, 3.63) is 0 Å². The molecular weight excluding hydrogens is 232 g/mol. The highest BCUT2D eigenvalue weighted by Crippen LogP contribution is 2.24. The van der Waals surface area contributed by atoms with Gasteiger partial charge in [0.15, 0.2) is 0 Å². The quantitative estimate of drug-likeness (QED) is 0.397. The normalized spacial score (nSPS) is 12.0. The van der Waals surface area contributed by atoms with Gasteiger partial charge in [-0.15, -0.1) is 0 Å². The summed E-state index contributed by atoms with van der Waals surface area (Å²) in [7, 11) is 0. The number of rotatable bonds is 10. The third-order valence-corrected chi connectivity index (χ3v) is 4.26. The van der Waals surface area contributed by atoms with Crippen molar-refractivity contribution in [2.45, 2.75) is 76.9 Å². The van der Waals surface area contributed by atoms with Gasteiger partial charge in [-0.3, -0.25) is 0 Å². The third-order valence-electron chi connectivity index (χ3n) is 2.59. The van der Waals surface area contributed by atoms with Gasteiger partial charge in [-0.05, 0) is 24.3 Å². The van der Waals surface area contributed by atoms with E-state index in [1.807, 2.05) is 0 Å². The molecular formula is C14H30S2. The Balaban J connectivity index is 2.99. The summed E-state index contributed by atoms with van der Waals surface area (Å²) >= 11 is 6.32. The van der Waals surface area contributed by atoms with Crippen LogP contribution < -0.4 is 0 Å². The van der Waals surface area contributed by atoms with Crippen LogP contribution in [0.2, 0.25) is 0 Å². The number of hydrogen-bond donors (Lipinski definition) is 1. The van der Waals surface area contributed by atoms with E-state index >= 15 is 0 Å². The van der Waals surface area contributed by atoms with Crippen LogP contribution in [0.3, 0.4) is 0 Å². The lowest BCUT2D eigenvalue weighted by Gasteiger charge is -2.17. The summed E-state index contributed by atoms with van der Waals surface area (Å²) in [6.45, 7) is 6.91. The second kappa shape index (κ2) is 10.8. The Labute approximate surface area is 113 Å². The van der Waals surface area contributed by atoms with Crippen LogP contribution in [0.4, 0.5) is 0 Å². The van der Waals surface area contributed by atoms with Crippen LogP contribution in [-0.2, 0) is 0 Å². The zero-order valence-corrected chi connectivity index (χ0v) is 13.1. The van der Waals surface area contributed by atoms with Gasteiger partial charge < -0.3 is 0 Å². The van der Waals surface area contributed by atoms with Crippen LogP contribution in [0.15, 0.2) is 0 Å². The fourth-order valence-corrected chi connectivity index (χ4v) is 2.84. The molecule has 0 aromatic carbocycles. The molecule has 0 heterocycles. The van der Waals surface area contributed by atoms with E-state index in [1.165, 1.54) is 57.1 Å². The van der Waals surface area contributed by atoms with Crippen molar-refractivity contribution >= 4 is 24.4 Å². The van der Waals surface area contributed by atoms with Crippen molar-refractivity contribution in [3.8, 4) is 0 Å². The Morgan fingerprint density at radius 2 is 1.19 bits per heavy atom. The molecule has 0 atom stereocenters. The van der Waals surface area contributed by atoms with E-state index in [-0.39, 0.29) is 0 Å². The van der Waals surface area contributed by atoms with E-state index in [9.17, 15) is 0 Å². The molecule has 0 spiro atoms. The van der Waals surface area contributed by atoms with Gasteiger partial charge in [-0.25, -0.2) is 0 Å². The van der Waals surface area contributed by atoms with Gasteiger partial charge in [0.25, 0.3) is 0 Å². The third kappa shape index (κ3) is 14.7. The molecule has 0 aliphatic heterocycles. The second-order valence-electron chi connectivity index (χ2n) is 5.51. The Morgan fingerprint density at radius 1 is 0.750 bits per heavy atom. The smallest absolute Gasteiger partial charge is 0.00750 e. The highest BCUT2D eigenvalue weighted by atomic mass is 32.2. The van der Waals surface area contributed by atoms with Crippen LogP contribution in [0.5, 0.6) is 0 Å². The fraction of sp³-hybridized carbons (Fsp3) is 1.00. The number of unbranched alkanes of at least 4 members (excludes halogenated alkanes) is 7. The summed E-state index contributed by atoms with van der Waals surface area (Å²) in [4.78, 5) is 0. The minimum absolute atomic E-state index is 0.451. The molecule has 0 saturated carbocycles. The first-order valence-corrected chi connectivity index (χ1v) is 8.43. The molecule has 0 unspecified atom stereocenters. The first-order valence-electron chi connectivity index (χ1n) is 6.81. The molecule has 16 heavy (non-hydrogen) atoms. The Kier molecular flexibility index (Phi) is 11.3. The van der Waals surface area contributed by atoms with Gasteiger partial charge in [0, 0.05) is 4.75 Å². The molecule has 0 radical (unpaired) electrons. The molecule has 0 saturated heterocycles. The van der Waals surface area contributed by atoms with Gasteiger partial charge in [0.2, 0.25) is 0 Å². The summed E-state index contributed by atoms with van der Waals surface area (Å²) in [6.07, 6.45) is 11.2. The van der Waals surface area contributed by atoms with Gasteiger partial charge in [0.1, 0.15) is 0 Å². The summed E-state index contributed by atoms with van der Waals surface area (Å²) in [5.41, 5.74) is 0. The largest absolute Gasteiger partial charge is 0.179 e. The zero-order valence-electron chi connectivity index (χ0n) is 11.4. The standard InChI is InChI=1S/C14H30S2/c1-14(2,3)16-13-11-9-7-5-4-6-8-10-12-15/h15H,4-13H2,1-3H3. The predicted octanol–water partition coefficient (Wildman–Crippen LogP) is 5.57. The summed E-state index contributed by atoms with van der Waals surface area (Å²) < 4.78 is 0.451. The van der Waals surface area contributed by atoms with E-state index in [0.29, 0.717) is 4.75 Å².